The molecule has 1 N–H and O–H groups in total. The second-order valence-corrected chi connectivity index (χ2v) is 6.65. The molecule has 2 aliphatic rings. The summed E-state index contributed by atoms with van der Waals surface area (Å²) in [5.41, 5.74) is 2.67. The molecular formula is C17H21FN4. The van der Waals surface area contributed by atoms with Crippen LogP contribution in [0.3, 0.4) is 0 Å². The molecule has 0 amide bonds. The van der Waals surface area contributed by atoms with E-state index in [1.807, 2.05) is 31.2 Å². The lowest BCUT2D eigenvalue weighted by atomic mass is 10.2. The van der Waals surface area contributed by atoms with Crippen LogP contribution in [0.1, 0.15) is 25.0 Å². The lowest BCUT2D eigenvalue weighted by Gasteiger charge is -2.21. The molecule has 22 heavy (non-hydrogen) atoms. The summed E-state index contributed by atoms with van der Waals surface area (Å²) in [4.78, 5) is 11.5. The van der Waals surface area contributed by atoms with E-state index in [-0.39, 0.29) is 12.2 Å². The first-order chi connectivity index (χ1) is 10.7. The molecule has 1 unspecified atom stereocenters. The third kappa shape index (κ3) is 2.54. The molecule has 1 saturated heterocycles. The van der Waals surface area contributed by atoms with Crippen LogP contribution in [0, 0.1) is 6.92 Å². The highest BCUT2D eigenvalue weighted by atomic mass is 19.1. The number of pyridine rings is 2. The monoisotopic (exact) mass is 300 g/mol. The molecule has 3 heterocycles. The van der Waals surface area contributed by atoms with Crippen molar-refractivity contribution in [2.24, 2.45) is 0 Å². The number of aromatic nitrogens is 2. The molecule has 4 rings (SSSR count). The van der Waals surface area contributed by atoms with Gasteiger partial charge in [-0.15, -0.1) is 0 Å². The summed E-state index contributed by atoms with van der Waals surface area (Å²) in [5, 5.41) is 3.50. The molecule has 0 aromatic carbocycles. The van der Waals surface area contributed by atoms with E-state index in [9.17, 15) is 4.39 Å². The molecule has 1 aliphatic heterocycles. The molecule has 2 aromatic heterocycles. The number of rotatable bonds is 4. The second-order valence-electron chi connectivity index (χ2n) is 6.65. The van der Waals surface area contributed by atoms with Crippen LogP contribution in [0.2, 0.25) is 0 Å². The van der Waals surface area contributed by atoms with Crippen LogP contribution in [0.5, 0.6) is 0 Å². The van der Waals surface area contributed by atoms with Crippen LogP contribution < -0.4 is 10.2 Å². The van der Waals surface area contributed by atoms with Gasteiger partial charge in [-0.05, 0) is 50.5 Å². The Balaban J connectivity index is 1.49. The van der Waals surface area contributed by atoms with Crippen molar-refractivity contribution in [3.63, 3.8) is 0 Å². The number of anilines is 1. The normalized spacial score (nSPS) is 23.2. The number of hydrogen-bond acceptors (Lipinski definition) is 4. The first-order valence-corrected chi connectivity index (χ1v) is 8.00. The first kappa shape index (κ1) is 13.9. The van der Waals surface area contributed by atoms with Crippen molar-refractivity contribution in [2.75, 3.05) is 24.7 Å². The van der Waals surface area contributed by atoms with Gasteiger partial charge in [0.15, 0.2) is 0 Å². The van der Waals surface area contributed by atoms with E-state index >= 15 is 0 Å². The molecule has 2 fully saturated rings. The Morgan fingerprint density at radius 1 is 1.23 bits per heavy atom. The fraction of sp³-hybridized carbons (Fsp3) is 0.529. The molecule has 4 nitrogen and oxygen atoms in total. The van der Waals surface area contributed by atoms with Crippen LogP contribution in [0.4, 0.5) is 10.2 Å². The molecule has 1 saturated carbocycles. The minimum Gasteiger partial charge on any atom is -0.355 e. The van der Waals surface area contributed by atoms with Gasteiger partial charge in [0.2, 0.25) is 0 Å². The van der Waals surface area contributed by atoms with Crippen molar-refractivity contribution in [2.45, 2.75) is 37.8 Å². The molecule has 5 heteroatoms. The average molecular weight is 300 g/mol. The number of halogens is 1. The Bertz CT molecular complexity index is 698. The lowest BCUT2D eigenvalue weighted by Crippen LogP contribution is -2.43. The highest BCUT2D eigenvalue weighted by Crippen LogP contribution is 2.37. The van der Waals surface area contributed by atoms with Gasteiger partial charge in [0.25, 0.3) is 0 Å². The second kappa shape index (κ2) is 5.16. The van der Waals surface area contributed by atoms with E-state index in [0.717, 1.165) is 54.9 Å². The third-order valence-corrected chi connectivity index (χ3v) is 4.80. The predicted octanol–water partition coefficient (Wildman–Crippen LogP) is 2.61. The summed E-state index contributed by atoms with van der Waals surface area (Å²) < 4.78 is 13.0. The Kier molecular flexibility index (Phi) is 3.26. The minimum atomic E-state index is -0.247. The fourth-order valence-corrected chi connectivity index (χ4v) is 3.26. The van der Waals surface area contributed by atoms with Crippen molar-refractivity contribution in [1.82, 2.24) is 15.3 Å². The van der Waals surface area contributed by atoms with Crippen LogP contribution in [-0.2, 0) is 0 Å². The fourth-order valence-electron chi connectivity index (χ4n) is 3.26. The van der Waals surface area contributed by atoms with Gasteiger partial charge in [-0.3, -0.25) is 4.98 Å². The Morgan fingerprint density at radius 3 is 2.77 bits per heavy atom. The summed E-state index contributed by atoms with van der Waals surface area (Å²) >= 11 is 0. The molecule has 0 spiro atoms. The van der Waals surface area contributed by atoms with Gasteiger partial charge in [0.05, 0.1) is 11.0 Å². The SMILES string of the molecule is Cc1ccc2nc(N3CCC(NC4(CF)CC4)C3)ccc2n1. The molecule has 0 radical (unpaired) electrons. The largest absolute Gasteiger partial charge is 0.355 e. The number of nitrogens with one attached hydrogen (secondary N) is 1. The van der Waals surface area contributed by atoms with E-state index in [4.69, 9.17) is 4.98 Å². The number of aryl methyl sites for hydroxylation is 1. The molecule has 0 bridgehead atoms. The summed E-state index contributed by atoms with van der Waals surface area (Å²) in [6.45, 7) is 3.61. The van der Waals surface area contributed by atoms with Gasteiger partial charge >= 0.3 is 0 Å². The van der Waals surface area contributed by atoms with E-state index < -0.39 is 0 Å². The Morgan fingerprint density at radius 2 is 2.00 bits per heavy atom. The van der Waals surface area contributed by atoms with Crippen molar-refractivity contribution < 1.29 is 4.39 Å². The predicted molar refractivity (Wildman–Crippen MR) is 86.0 cm³/mol. The highest BCUT2D eigenvalue weighted by molar-refractivity contribution is 5.76. The Labute approximate surface area is 129 Å². The molecule has 2 aromatic rings. The smallest absolute Gasteiger partial charge is 0.129 e. The number of hydrogen-bond donors (Lipinski definition) is 1. The quantitative estimate of drug-likeness (QED) is 0.942. The Hall–Kier alpha value is -1.75. The summed E-state index contributed by atoms with van der Waals surface area (Å²) in [6, 6.07) is 8.46. The van der Waals surface area contributed by atoms with Gasteiger partial charge in [-0.2, -0.15) is 0 Å². The van der Waals surface area contributed by atoms with E-state index in [2.05, 4.69) is 15.2 Å². The number of fused-ring (bicyclic) bond motifs is 1. The van der Waals surface area contributed by atoms with Crippen molar-refractivity contribution in [3.05, 3.63) is 30.0 Å². The summed E-state index contributed by atoms with van der Waals surface area (Å²) in [7, 11) is 0. The van der Waals surface area contributed by atoms with Crippen molar-refractivity contribution in [3.8, 4) is 0 Å². The maximum Gasteiger partial charge on any atom is 0.129 e. The number of alkyl halides is 1. The highest BCUT2D eigenvalue weighted by Gasteiger charge is 2.45. The zero-order valence-corrected chi connectivity index (χ0v) is 12.8. The maximum atomic E-state index is 13.0. The molecule has 1 atom stereocenters. The maximum absolute atomic E-state index is 13.0. The van der Waals surface area contributed by atoms with Gasteiger partial charge in [-0.1, -0.05) is 0 Å². The van der Waals surface area contributed by atoms with Crippen LogP contribution in [-0.4, -0.2) is 41.3 Å². The first-order valence-electron chi connectivity index (χ1n) is 8.00. The average Bonchev–Trinajstić information content (AvgIpc) is 3.15. The lowest BCUT2D eigenvalue weighted by molar-refractivity contribution is 0.332. The molecule has 116 valence electrons. The molecular weight excluding hydrogens is 279 g/mol. The number of nitrogens with zero attached hydrogens (tertiary/aromatic N) is 3. The van der Waals surface area contributed by atoms with Gasteiger partial charge in [0.1, 0.15) is 12.5 Å². The van der Waals surface area contributed by atoms with Gasteiger partial charge < -0.3 is 10.2 Å². The van der Waals surface area contributed by atoms with E-state index in [0.29, 0.717) is 6.04 Å². The van der Waals surface area contributed by atoms with Gasteiger partial charge in [0, 0.05) is 30.4 Å². The minimum absolute atomic E-state index is 0.209. The summed E-state index contributed by atoms with van der Waals surface area (Å²) in [5.74, 6) is 0.993. The van der Waals surface area contributed by atoms with E-state index in [1.54, 1.807) is 0 Å². The van der Waals surface area contributed by atoms with Crippen LogP contribution >= 0.6 is 0 Å². The standard InChI is InChI=1S/C17H21FN4/c1-12-2-3-15-14(19-12)4-5-16(20-15)22-9-6-13(10-22)21-17(11-18)7-8-17/h2-5,13,21H,6-11H2,1H3. The van der Waals surface area contributed by atoms with Gasteiger partial charge in [-0.25, -0.2) is 9.37 Å². The third-order valence-electron chi connectivity index (χ3n) is 4.80. The van der Waals surface area contributed by atoms with Crippen molar-refractivity contribution in [1.29, 1.82) is 0 Å². The van der Waals surface area contributed by atoms with Crippen LogP contribution in [0.25, 0.3) is 11.0 Å². The molecule has 1 aliphatic carbocycles. The van der Waals surface area contributed by atoms with Crippen molar-refractivity contribution >= 4 is 16.9 Å². The van der Waals surface area contributed by atoms with Crippen LogP contribution in [0.15, 0.2) is 24.3 Å². The van der Waals surface area contributed by atoms with E-state index in [1.165, 1.54) is 0 Å². The topological polar surface area (TPSA) is 41.1 Å². The zero-order valence-electron chi connectivity index (χ0n) is 12.8. The zero-order chi connectivity index (χ0) is 15.2. The summed E-state index contributed by atoms with van der Waals surface area (Å²) in [6.07, 6.45) is 2.99.